The van der Waals surface area contributed by atoms with Gasteiger partial charge in [0.2, 0.25) is 5.91 Å². The summed E-state index contributed by atoms with van der Waals surface area (Å²) in [5.74, 6) is 0.429. The smallest absolute Gasteiger partial charge is 0.335 e. The minimum absolute atomic E-state index is 0.0756. The first-order valence-corrected chi connectivity index (χ1v) is 17.4. The van der Waals surface area contributed by atoms with Crippen LogP contribution in [0.4, 0.5) is 13.2 Å². The Morgan fingerprint density at radius 3 is 2.02 bits per heavy atom. The Bertz CT molecular complexity index is 1670. The molecule has 0 N–H and O–H groups in total. The standard InChI is InChI=1S/C39H48F3N5O2/c1-5-9-15-35(47-36(43-37(48)34(6-2)44-47)25-18-29-13-11-10-12-14-29)38(49)46(27-26-45(7-3)8-4)28-30-16-19-31(20-17-30)32-21-23-33(24-22-32)39(40,41)42/h10-14,16-17,19-24,35H,5-9,15,18,25-28H2,1-4H3. The van der Waals surface area contributed by atoms with Crippen LogP contribution in [-0.4, -0.2) is 56.7 Å². The molecule has 0 saturated heterocycles. The molecule has 4 rings (SSSR count). The van der Waals surface area contributed by atoms with Gasteiger partial charge in [0.05, 0.1) is 5.56 Å². The van der Waals surface area contributed by atoms with Crippen molar-refractivity contribution >= 4 is 5.91 Å². The van der Waals surface area contributed by atoms with Gasteiger partial charge in [-0.3, -0.25) is 9.59 Å². The van der Waals surface area contributed by atoms with Gasteiger partial charge in [0, 0.05) is 26.1 Å². The normalized spacial score (nSPS) is 12.3. The first-order chi connectivity index (χ1) is 23.6. The largest absolute Gasteiger partial charge is 0.416 e. The summed E-state index contributed by atoms with van der Waals surface area (Å²) in [5.41, 5.74) is 2.79. The zero-order valence-electron chi connectivity index (χ0n) is 29.0. The number of aryl methyl sites for hydroxylation is 3. The van der Waals surface area contributed by atoms with E-state index in [-0.39, 0.29) is 11.5 Å². The summed E-state index contributed by atoms with van der Waals surface area (Å²) in [5, 5.41) is 4.77. The predicted molar refractivity (Wildman–Crippen MR) is 188 cm³/mol. The molecule has 0 bridgehead atoms. The zero-order valence-corrected chi connectivity index (χ0v) is 29.0. The van der Waals surface area contributed by atoms with E-state index in [0.717, 1.165) is 54.8 Å². The molecule has 1 unspecified atom stereocenters. The van der Waals surface area contributed by atoms with Crippen molar-refractivity contribution < 1.29 is 18.0 Å². The van der Waals surface area contributed by atoms with E-state index in [1.807, 2.05) is 66.4 Å². The molecule has 1 heterocycles. The number of likely N-dealkylation sites (N-methyl/N-ethyl adjacent to an activating group) is 1. The van der Waals surface area contributed by atoms with Crippen LogP contribution in [0.1, 0.15) is 81.2 Å². The Balaban J connectivity index is 1.66. The fourth-order valence-electron chi connectivity index (χ4n) is 5.91. The monoisotopic (exact) mass is 675 g/mol. The Morgan fingerprint density at radius 1 is 0.816 bits per heavy atom. The summed E-state index contributed by atoms with van der Waals surface area (Å²) < 4.78 is 41.0. The Hall–Kier alpha value is -4.31. The molecule has 0 aliphatic rings. The van der Waals surface area contributed by atoms with Crippen LogP contribution in [0.25, 0.3) is 11.1 Å². The van der Waals surface area contributed by atoms with Crippen molar-refractivity contribution in [2.75, 3.05) is 26.2 Å². The van der Waals surface area contributed by atoms with Crippen molar-refractivity contribution in [3.05, 3.63) is 117 Å². The van der Waals surface area contributed by atoms with E-state index in [1.54, 1.807) is 4.68 Å². The quantitative estimate of drug-likeness (QED) is 0.114. The van der Waals surface area contributed by atoms with Crippen LogP contribution in [0.5, 0.6) is 0 Å². The van der Waals surface area contributed by atoms with Crippen molar-refractivity contribution in [2.24, 2.45) is 0 Å². The van der Waals surface area contributed by atoms with Crippen LogP contribution >= 0.6 is 0 Å². The molecule has 10 heteroatoms. The molecule has 0 aliphatic heterocycles. The van der Waals surface area contributed by atoms with Crippen LogP contribution in [0.15, 0.2) is 83.7 Å². The molecule has 0 spiro atoms. The van der Waals surface area contributed by atoms with E-state index in [0.29, 0.717) is 62.4 Å². The van der Waals surface area contributed by atoms with Gasteiger partial charge < -0.3 is 9.80 Å². The predicted octanol–water partition coefficient (Wildman–Crippen LogP) is 7.77. The number of carbonyl (C=O) groups excluding carboxylic acids is 1. The van der Waals surface area contributed by atoms with Crippen LogP contribution in [-0.2, 0) is 36.8 Å². The number of carbonyl (C=O) groups is 1. The summed E-state index contributed by atoms with van der Waals surface area (Å²) in [6.45, 7) is 11.4. The first kappa shape index (κ1) is 37.5. The molecule has 262 valence electrons. The van der Waals surface area contributed by atoms with Gasteiger partial charge in [-0.05, 0) is 66.7 Å². The van der Waals surface area contributed by atoms with E-state index in [9.17, 15) is 22.8 Å². The second kappa shape index (κ2) is 17.9. The number of rotatable bonds is 17. The SMILES string of the molecule is CCCCC(C(=O)N(CCN(CC)CC)Cc1ccc(-c2ccc(C(F)(F)F)cc2)cc1)n1nc(CC)c(=O)nc1CCc1ccccc1. The van der Waals surface area contributed by atoms with Gasteiger partial charge in [-0.15, -0.1) is 0 Å². The number of hydrogen-bond donors (Lipinski definition) is 0. The summed E-state index contributed by atoms with van der Waals surface area (Å²) in [7, 11) is 0. The van der Waals surface area contributed by atoms with Gasteiger partial charge in [-0.1, -0.05) is 107 Å². The van der Waals surface area contributed by atoms with Crippen LogP contribution in [0.3, 0.4) is 0 Å². The number of unbranched alkanes of at least 4 members (excludes halogenated alkanes) is 1. The lowest BCUT2D eigenvalue weighted by atomic mass is 10.0. The maximum Gasteiger partial charge on any atom is 0.416 e. The van der Waals surface area contributed by atoms with Crippen LogP contribution in [0, 0.1) is 0 Å². The zero-order chi connectivity index (χ0) is 35.4. The molecule has 0 saturated carbocycles. The number of halogens is 3. The third-order valence-corrected chi connectivity index (χ3v) is 8.96. The third kappa shape index (κ3) is 10.3. The van der Waals surface area contributed by atoms with Crippen molar-refractivity contribution in [2.45, 2.75) is 85.0 Å². The maximum absolute atomic E-state index is 14.7. The molecule has 1 amide bonds. The van der Waals surface area contributed by atoms with Gasteiger partial charge in [-0.2, -0.15) is 23.3 Å². The van der Waals surface area contributed by atoms with Gasteiger partial charge in [-0.25, -0.2) is 4.68 Å². The van der Waals surface area contributed by atoms with E-state index in [1.165, 1.54) is 12.1 Å². The number of aromatic nitrogens is 3. The molecule has 1 atom stereocenters. The molecule has 7 nitrogen and oxygen atoms in total. The van der Waals surface area contributed by atoms with E-state index in [4.69, 9.17) is 5.10 Å². The number of amides is 1. The lowest BCUT2D eigenvalue weighted by Crippen LogP contribution is -2.43. The second-order valence-corrected chi connectivity index (χ2v) is 12.3. The van der Waals surface area contributed by atoms with Crippen LogP contribution in [0.2, 0.25) is 0 Å². The molecular weight excluding hydrogens is 627 g/mol. The van der Waals surface area contributed by atoms with E-state index >= 15 is 0 Å². The lowest BCUT2D eigenvalue weighted by molar-refractivity contribution is -0.138. The molecule has 3 aromatic carbocycles. The van der Waals surface area contributed by atoms with Gasteiger partial charge in [0.1, 0.15) is 17.6 Å². The van der Waals surface area contributed by atoms with Gasteiger partial charge in [0.15, 0.2) is 0 Å². The van der Waals surface area contributed by atoms with Gasteiger partial charge >= 0.3 is 6.18 Å². The number of benzene rings is 3. The average molecular weight is 676 g/mol. The summed E-state index contributed by atoms with van der Waals surface area (Å²) in [6, 6.07) is 22.1. The molecular formula is C39H48F3N5O2. The molecule has 49 heavy (non-hydrogen) atoms. The second-order valence-electron chi connectivity index (χ2n) is 12.3. The first-order valence-electron chi connectivity index (χ1n) is 17.4. The third-order valence-electron chi connectivity index (χ3n) is 8.96. The molecule has 4 aromatic rings. The van der Waals surface area contributed by atoms with Crippen LogP contribution < -0.4 is 5.56 Å². The fourth-order valence-corrected chi connectivity index (χ4v) is 5.91. The summed E-state index contributed by atoms with van der Waals surface area (Å²) in [4.78, 5) is 36.2. The number of hydrogen-bond acceptors (Lipinski definition) is 5. The summed E-state index contributed by atoms with van der Waals surface area (Å²) in [6.07, 6.45) is -0.597. The molecule has 1 aromatic heterocycles. The topological polar surface area (TPSA) is 71.3 Å². The molecule has 0 aliphatic carbocycles. The van der Waals surface area contributed by atoms with Crippen molar-refractivity contribution in [3.8, 4) is 11.1 Å². The highest BCUT2D eigenvalue weighted by molar-refractivity contribution is 5.80. The highest BCUT2D eigenvalue weighted by Crippen LogP contribution is 2.31. The number of nitrogens with zero attached hydrogens (tertiary/aromatic N) is 5. The Kier molecular flexibility index (Phi) is 13.7. The summed E-state index contributed by atoms with van der Waals surface area (Å²) >= 11 is 0. The minimum atomic E-state index is -4.39. The Morgan fingerprint density at radius 2 is 1.45 bits per heavy atom. The van der Waals surface area contributed by atoms with Gasteiger partial charge in [0.25, 0.3) is 5.56 Å². The molecule has 0 radical (unpaired) electrons. The fraction of sp³-hybridized carbons (Fsp3) is 0.436. The van der Waals surface area contributed by atoms with E-state index < -0.39 is 17.8 Å². The average Bonchev–Trinajstić information content (AvgIpc) is 3.11. The maximum atomic E-state index is 14.7. The van der Waals surface area contributed by atoms with Crippen molar-refractivity contribution in [1.29, 1.82) is 0 Å². The minimum Gasteiger partial charge on any atom is -0.335 e. The van der Waals surface area contributed by atoms with Crippen molar-refractivity contribution in [1.82, 2.24) is 24.6 Å². The lowest BCUT2D eigenvalue weighted by Gasteiger charge is -2.31. The highest BCUT2D eigenvalue weighted by Gasteiger charge is 2.31. The molecule has 0 fully saturated rings. The van der Waals surface area contributed by atoms with E-state index in [2.05, 4.69) is 30.7 Å². The highest BCUT2D eigenvalue weighted by atomic mass is 19.4. The number of alkyl halides is 3. The van der Waals surface area contributed by atoms with Crippen molar-refractivity contribution in [3.63, 3.8) is 0 Å². The Labute approximate surface area is 287 Å².